The molecular weight excluding hydrogens is 446 g/mol. The van der Waals surface area contributed by atoms with E-state index in [0.29, 0.717) is 29.4 Å². The molecule has 7 heteroatoms. The molecule has 2 unspecified atom stereocenters. The van der Waals surface area contributed by atoms with Crippen molar-refractivity contribution >= 4 is 17.4 Å². The topological polar surface area (TPSA) is 85.3 Å². The van der Waals surface area contributed by atoms with Gasteiger partial charge >= 0.3 is 0 Å². The van der Waals surface area contributed by atoms with Crippen molar-refractivity contribution in [3.63, 3.8) is 0 Å². The number of amides is 1. The molecule has 0 radical (unpaired) electrons. The van der Waals surface area contributed by atoms with Crippen LogP contribution >= 0.6 is 0 Å². The Kier molecular flexibility index (Phi) is 7.45. The summed E-state index contributed by atoms with van der Waals surface area (Å²) < 4.78 is 16.9. The molecule has 2 heterocycles. The van der Waals surface area contributed by atoms with E-state index in [0.717, 1.165) is 24.2 Å². The van der Waals surface area contributed by atoms with E-state index in [-0.39, 0.29) is 30.6 Å². The lowest BCUT2D eigenvalue weighted by atomic mass is 9.94. The van der Waals surface area contributed by atoms with Crippen molar-refractivity contribution in [1.29, 1.82) is 0 Å². The Labute approximate surface area is 206 Å². The predicted molar refractivity (Wildman–Crippen MR) is 133 cm³/mol. The average Bonchev–Trinajstić information content (AvgIpc) is 3.32. The highest BCUT2D eigenvalue weighted by molar-refractivity contribution is 6.46. The molecule has 0 saturated carbocycles. The molecular formula is C28H33NO6. The highest BCUT2D eigenvalue weighted by Gasteiger charge is 2.46. The molecule has 4 rings (SSSR count). The monoisotopic (exact) mass is 479 g/mol. The minimum absolute atomic E-state index is 0.0560. The summed E-state index contributed by atoms with van der Waals surface area (Å²) in [5.74, 6) is 0.390. The number of Topliss-reactive ketones (excluding diaryl/α,β-unsaturated/α-hetero) is 1. The molecule has 0 spiro atoms. The number of ether oxygens (including phenoxy) is 3. The highest BCUT2D eigenvalue weighted by atomic mass is 16.5. The van der Waals surface area contributed by atoms with Crippen LogP contribution in [0.3, 0.4) is 0 Å². The summed E-state index contributed by atoms with van der Waals surface area (Å²) >= 11 is 0. The fraction of sp³-hybridized carbons (Fsp3) is 0.429. The number of rotatable bonds is 9. The molecule has 2 aromatic carbocycles. The Hall–Kier alpha value is -3.32. The van der Waals surface area contributed by atoms with E-state index in [9.17, 15) is 14.7 Å². The van der Waals surface area contributed by atoms with Gasteiger partial charge in [-0.05, 0) is 60.7 Å². The fourth-order valence-corrected chi connectivity index (χ4v) is 4.56. The molecule has 1 fully saturated rings. The number of hydrogen-bond acceptors (Lipinski definition) is 6. The number of aliphatic hydroxyl groups excluding tert-OH is 1. The number of methoxy groups -OCH3 is 1. The van der Waals surface area contributed by atoms with Crippen molar-refractivity contribution in [3.8, 4) is 11.5 Å². The van der Waals surface area contributed by atoms with Gasteiger partial charge in [-0.3, -0.25) is 9.59 Å². The predicted octanol–water partition coefficient (Wildman–Crippen LogP) is 4.50. The Balaban J connectivity index is 1.75. The molecule has 7 nitrogen and oxygen atoms in total. The fourth-order valence-electron chi connectivity index (χ4n) is 4.56. The zero-order valence-electron chi connectivity index (χ0n) is 20.7. The summed E-state index contributed by atoms with van der Waals surface area (Å²) in [5, 5.41) is 11.3. The van der Waals surface area contributed by atoms with E-state index in [1.807, 2.05) is 37.3 Å². The van der Waals surface area contributed by atoms with Crippen LogP contribution in [0.5, 0.6) is 11.5 Å². The van der Waals surface area contributed by atoms with Crippen LogP contribution in [0.1, 0.15) is 49.9 Å². The van der Waals surface area contributed by atoms with Crippen LogP contribution in [0, 0.1) is 5.92 Å². The Morgan fingerprint density at radius 3 is 2.71 bits per heavy atom. The van der Waals surface area contributed by atoms with E-state index in [2.05, 4.69) is 13.8 Å². The van der Waals surface area contributed by atoms with Crippen LogP contribution in [-0.2, 0) is 20.7 Å². The molecule has 2 aromatic rings. The van der Waals surface area contributed by atoms with Crippen molar-refractivity contribution in [1.82, 2.24) is 4.90 Å². The van der Waals surface area contributed by atoms with Gasteiger partial charge in [0.2, 0.25) is 0 Å². The maximum Gasteiger partial charge on any atom is 0.295 e. The molecule has 1 saturated heterocycles. The van der Waals surface area contributed by atoms with Crippen molar-refractivity contribution in [2.45, 2.75) is 45.8 Å². The summed E-state index contributed by atoms with van der Waals surface area (Å²) in [7, 11) is 1.54. The number of ketones is 1. The average molecular weight is 480 g/mol. The zero-order chi connectivity index (χ0) is 25.1. The van der Waals surface area contributed by atoms with Gasteiger partial charge in [-0.25, -0.2) is 0 Å². The second-order valence-electron chi connectivity index (χ2n) is 9.54. The van der Waals surface area contributed by atoms with Crippen LogP contribution < -0.4 is 9.47 Å². The Bertz CT molecular complexity index is 1140. The number of likely N-dealkylation sites (tertiary alicyclic amines) is 1. The first-order valence-corrected chi connectivity index (χ1v) is 12.1. The van der Waals surface area contributed by atoms with Gasteiger partial charge in [0.15, 0.2) is 0 Å². The maximum absolute atomic E-state index is 13.2. The quantitative estimate of drug-likeness (QED) is 0.324. The first-order valence-electron chi connectivity index (χ1n) is 12.1. The molecule has 0 aliphatic carbocycles. The van der Waals surface area contributed by atoms with Crippen LogP contribution in [0.4, 0.5) is 0 Å². The molecule has 2 atom stereocenters. The number of fused-ring (bicyclic) bond motifs is 1. The molecule has 0 bridgehead atoms. The Morgan fingerprint density at radius 1 is 1.17 bits per heavy atom. The summed E-state index contributed by atoms with van der Waals surface area (Å²) in [4.78, 5) is 27.7. The van der Waals surface area contributed by atoms with Gasteiger partial charge < -0.3 is 24.2 Å². The lowest BCUT2D eigenvalue weighted by Crippen LogP contribution is -2.32. The number of aliphatic hydroxyl groups is 1. The standard InChI is InChI=1S/C28H33NO6/c1-17(2)10-12-34-22-7-5-6-19(16-22)25-24(27(31)28(32)29(25)11-13-33-4)26(30)20-8-9-23-21(15-20)14-18(3)35-23/h5-9,15-18,25,30H,10-14H2,1-4H3/b26-24+. The van der Waals surface area contributed by atoms with E-state index in [4.69, 9.17) is 14.2 Å². The zero-order valence-corrected chi connectivity index (χ0v) is 20.7. The van der Waals surface area contributed by atoms with E-state index in [1.165, 1.54) is 4.90 Å². The third-order valence-electron chi connectivity index (χ3n) is 6.38. The number of hydrogen-bond donors (Lipinski definition) is 1. The molecule has 0 aromatic heterocycles. The summed E-state index contributed by atoms with van der Waals surface area (Å²) in [6.07, 6.45) is 1.69. The lowest BCUT2D eigenvalue weighted by Gasteiger charge is -2.25. The number of carbonyl (C=O) groups excluding carboxylic acids is 2. The number of benzene rings is 2. The van der Waals surface area contributed by atoms with Gasteiger partial charge in [-0.15, -0.1) is 0 Å². The normalized spacial score (nSPS) is 20.9. The first-order chi connectivity index (χ1) is 16.8. The van der Waals surface area contributed by atoms with E-state index in [1.54, 1.807) is 19.2 Å². The van der Waals surface area contributed by atoms with Crippen molar-refractivity contribution in [2.24, 2.45) is 5.92 Å². The van der Waals surface area contributed by atoms with Gasteiger partial charge in [0.05, 0.1) is 24.8 Å². The van der Waals surface area contributed by atoms with Crippen LogP contribution in [-0.4, -0.2) is 54.7 Å². The summed E-state index contributed by atoms with van der Waals surface area (Å²) in [6, 6.07) is 12.0. The second-order valence-corrected chi connectivity index (χ2v) is 9.54. The Morgan fingerprint density at radius 2 is 1.97 bits per heavy atom. The second kappa shape index (κ2) is 10.5. The molecule has 2 aliphatic rings. The van der Waals surface area contributed by atoms with Crippen molar-refractivity contribution in [2.75, 3.05) is 26.9 Å². The molecule has 35 heavy (non-hydrogen) atoms. The van der Waals surface area contributed by atoms with Crippen LogP contribution in [0.15, 0.2) is 48.0 Å². The number of nitrogens with zero attached hydrogens (tertiary/aromatic N) is 1. The van der Waals surface area contributed by atoms with Crippen LogP contribution in [0.2, 0.25) is 0 Å². The highest BCUT2D eigenvalue weighted by Crippen LogP contribution is 2.41. The summed E-state index contributed by atoms with van der Waals surface area (Å²) in [6.45, 7) is 7.31. The molecule has 2 aliphatic heterocycles. The SMILES string of the molecule is COCCN1C(=O)C(=O)/C(=C(/O)c2ccc3c(c2)CC(C)O3)C1c1cccc(OCCC(C)C)c1. The third-order valence-corrected chi connectivity index (χ3v) is 6.38. The van der Waals surface area contributed by atoms with Crippen molar-refractivity contribution < 1.29 is 28.9 Å². The van der Waals surface area contributed by atoms with Gasteiger partial charge in [0.25, 0.3) is 11.7 Å². The number of carbonyl (C=O) groups is 2. The minimum Gasteiger partial charge on any atom is -0.507 e. The molecule has 1 amide bonds. The lowest BCUT2D eigenvalue weighted by molar-refractivity contribution is -0.140. The third kappa shape index (κ3) is 5.20. The van der Waals surface area contributed by atoms with Crippen LogP contribution in [0.25, 0.3) is 5.76 Å². The van der Waals surface area contributed by atoms with Gasteiger partial charge in [0, 0.05) is 25.6 Å². The van der Waals surface area contributed by atoms with Crippen molar-refractivity contribution in [3.05, 3.63) is 64.7 Å². The van der Waals surface area contributed by atoms with E-state index < -0.39 is 17.7 Å². The molecule has 186 valence electrons. The maximum atomic E-state index is 13.2. The van der Waals surface area contributed by atoms with Gasteiger partial charge in [-0.1, -0.05) is 26.0 Å². The minimum atomic E-state index is -0.748. The largest absolute Gasteiger partial charge is 0.507 e. The first kappa shape index (κ1) is 24.8. The van der Waals surface area contributed by atoms with E-state index >= 15 is 0 Å². The smallest absolute Gasteiger partial charge is 0.295 e. The molecule has 1 N–H and O–H groups in total. The summed E-state index contributed by atoms with van der Waals surface area (Å²) in [5.41, 5.74) is 2.21. The van der Waals surface area contributed by atoms with Gasteiger partial charge in [-0.2, -0.15) is 0 Å². The van der Waals surface area contributed by atoms with Gasteiger partial charge in [0.1, 0.15) is 23.4 Å².